The molecule has 2 aromatic carbocycles. The van der Waals surface area contributed by atoms with Crippen LogP contribution in [0, 0.1) is 20.8 Å². The van der Waals surface area contributed by atoms with E-state index in [1.165, 1.54) is 23.1 Å². The van der Waals surface area contributed by atoms with Crippen LogP contribution in [0.2, 0.25) is 0 Å². The highest BCUT2D eigenvalue weighted by Gasteiger charge is 2.26. The van der Waals surface area contributed by atoms with E-state index < -0.39 is 9.84 Å². The van der Waals surface area contributed by atoms with Crippen LogP contribution < -0.4 is 4.90 Å². The fraction of sp³-hybridized carbons (Fsp3) is 0.333. The van der Waals surface area contributed by atoms with Gasteiger partial charge in [0.25, 0.3) is 5.91 Å². The molecule has 8 heteroatoms. The van der Waals surface area contributed by atoms with Crippen LogP contribution in [-0.4, -0.2) is 61.4 Å². The molecule has 4 rings (SSSR count). The highest BCUT2D eigenvalue weighted by molar-refractivity contribution is 7.90. The van der Waals surface area contributed by atoms with Gasteiger partial charge in [-0.25, -0.2) is 13.1 Å². The van der Waals surface area contributed by atoms with E-state index in [1.807, 2.05) is 11.8 Å². The third-order valence-corrected chi connectivity index (χ3v) is 7.17. The molecule has 1 aromatic heterocycles. The van der Waals surface area contributed by atoms with Crippen molar-refractivity contribution in [2.75, 3.05) is 37.3 Å². The molecular formula is C24H28N4O3S. The van der Waals surface area contributed by atoms with Gasteiger partial charge in [0, 0.05) is 38.1 Å². The number of aryl methyl sites for hydroxylation is 2. The molecule has 1 saturated heterocycles. The summed E-state index contributed by atoms with van der Waals surface area (Å²) in [6.45, 7) is 8.89. The standard InChI is InChI=1S/C24H28N4O3S/c1-17-6-5-7-22(19(17)3)26-12-14-27(15-13-26)24(29)23-16-18(2)25-28(23)20-8-10-21(11-9-20)32(4,30)31/h5-11,16H,12-15H2,1-4H3. The van der Waals surface area contributed by atoms with Crippen LogP contribution in [0.1, 0.15) is 27.3 Å². The fourth-order valence-corrected chi connectivity index (χ4v) is 4.70. The van der Waals surface area contributed by atoms with Crippen LogP contribution in [0.4, 0.5) is 5.69 Å². The zero-order valence-corrected chi connectivity index (χ0v) is 19.7. The highest BCUT2D eigenvalue weighted by Crippen LogP contribution is 2.25. The van der Waals surface area contributed by atoms with Crippen molar-refractivity contribution in [1.82, 2.24) is 14.7 Å². The molecule has 0 aliphatic carbocycles. The number of amides is 1. The molecule has 0 N–H and O–H groups in total. The van der Waals surface area contributed by atoms with E-state index >= 15 is 0 Å². The van der Waals surface area contributed by atoms with Gasteiger partial charge in [-0.3, -0.25) is 4.79 Å². The molecule has 0 saturated carbocycles. The number of nitrogens with zero attached hydrogens (tertiary/aromatic N) is 4. The predicted molar refractivity (Wildman–Crippen MR) is 125 cm³/mol. The Balaban J connectivity index is 1.53. The average molecular weight is 453 g/mol. The molecule has 0 spiro atoms. The van der Waals surface area contributed by atoms with Crippen molar-refractivity contribution in [1.29, 1.82) is 0 Å². The second-order valence-corrected chi connectivity index (χ2v) is 10.4. The Morgan fingerprint density at radius 1 is 0.938 bits per heavy atom. The maximum Gasteiger partial charge on any atom is 0.272 e. The van der Waals surface area contributed by atoms with Gasteiger partial charge in [-0.15, -0.1) is 0 Å². The minimum Gasteiger partial charge on any atom is -0.368 e. The van der Waals surface area contributed by atoms with Crippen molar-refractivity contribution in [2.45, 2.75) is 25.7 Å². The summed E-state index contributed by atoms with van der Waals surface area (Å²) in [5.41, 5.74) is 5.64. The number of hydrogen-bond donors (Lipinski definition) is 0. The van der Waals surface area contributed by atoms with Gasteiger partial charge in [-0.1, -0.05) is 12.1 Å². The number of carbonyl (C=O) groups is 1. The van der Waals surface area contributed by atoms with E-state index in [0.29, 0.717) is 24.5 Å². The first-order valence-electron chi connectivity index (χ1n) is 10.6. The Morgan fingerprint density at radius 2 is 1.59 bits per heavy atom. The summed E-state index contributed by atoms with van der Waals surface area (Å²) in [5.74, 6) is -0.0709. The Morgan fingerprint density at radius 3 is 2.22 bits per heavy atom. The first kappa shape index (κ1) is 22.1. The molecule has 1 aliphatic rings. The Hall–Kier alpha value is -3.13. The highest BCUT2D eigenvalue weighted by atomic mass is 32.2. The molecule has 0 radical (unpaired) electrons. The van der Waals surface area contributed by atoms with Crippen molar-refractivity contribution < 1.29 is 13.2 Å². The summed E-state index contributed by atoms with van der Waals surface area (Å²) in [7, 11) is -3.28. The summed E-state index contributed by atoms with van der Waals surface area (Å²) >= 11 is 0. The SMILES string of the molecule is Cc1cc(C(=O)N2CCN(c3cccc(C)c3C)CC2)n(-c2ccc(S(C)(=O)=O)cc2)n1. The smallest absolute Gasteiger partial charge is 0.272 e. The number of piperazine rings is 1. The van der Waals surface area contributed by atoms with Crippen molar-refractivity contribution in [3.8, 4) is 5.69 Å². The molecule has 32 heavy (non-hydrogen) atoms. The van der Waals surface area contributed by atoms with Crippen LogP contribution in [0.5, 0.6) is 0 Å². The number of rotatable bonds is 4. The summed E-state index contributed by atoms with van der Waals surface area (Å²) in [4.78, 5) is 17.8. The van der Waals surface area contributed by atoms with Crippen LogP contribution >= 0.6 is 0 Å². The number of anilines is 1. The van der Waals surface area contributed by atoms with Gasteiger partial charge in [-0.2, -0.15) is 5.10 Å². The van der Waals surface area contributed by atoms with Gasteiger partial charge in [0.1, 0.15) is 5.69 Å². The fourth-order valence-electron chi connectivity index (χ4n) is 4.07. The molecule has 1 amide bonds. The molecule has 1 aliphatic heterocycles. The van der Waals surface area contributed by atoms with Gasteiger partial charge in [0.2, 0.25) is 0 Å². The normalized spacial score (nSPS) is 14.6. The summed E-state index contributed by atoms with van der Waals surface area (Å²) in [6.07, 6.45) is 1.17. The zero-order valence-electron chi connectivity index (χ0n) is 18.9. The van der Waals surface area contributed by atoms with Gasteiger partial charge in [0.15, 0.2) is 9.84 Å². The molecule has 168 valence electrons. The first-order valence-corrected chi connectivity index (χ1v) is 12.5. The second-order valence-electron chi connectivity index (χ2n) is 8.35. The Kier molecular flexibility index (Phi) is 5.81. The van der Waals surface area contributed by atoms with Crippen LogP contribution in [0.15, 0.2) is 53.4 Å². The second kappa shape index (κ2) is 8.43. The van der Waals surface area contributed by atoms with Gasteiger partial charge >= 0.3 is 0 Å². The minimum atomic E-state index is -3.28. The van der Waals surface area contributed by atoms with E-state index in [9.17, 15) is 13.2 Å². The maximum atomic E-state index is 13.3. The third-order valence-electron chi connectivity index (χ3n) is 6.04. The van der Waals surface area contributed by atoms with Gasteiger partial charge in [-0.05, 0) is 68.3 Å². The third kappa shape index (κ3) is 4.27. The van der Waals surface area contributed by atoms with Crippen molar-refractivity contribution in [3.05, 3.63) is 71.0 Å². The number of sulfone groups is 1. The molecule has 3 aromatic rings. The Labute approximate surface area is 189 Å². The molecule has 0 atom stereocenters. The van der Waals surface area contributed by atoms with Gasteiger partial charge in [0.05, 0.1) is 16.3 Å². The molecule has 1 fully saturated rings. The van der Waals surface area contributed by atoms with Crippen molar-refractivity contribution in [3.63, 3.8) is 0 Å². The van der Waals surface area contributed by atoms with E-state index in [4.69, 9.17) is 0 Å². The lowest BCUT2D eigenvalue weighted by atomic mass is 10.1. The molecular weight excluding hydrogens is 424 g/mol. The lowest BCUT2D eigenvalue weighted by Crippen LogP contribution is -2.49. The lowest BCUT2D eigenvalue weighted by Gasteiger charge is -2.37. The maximum absolute atomic E-state index is 13.3. The van der Waals surface area contributed by atoms with Crippen LogP contribution in [0.25, 0.3) is 5.69 Å². The number of carbonyl (C=O) groups excluding carboxylic acids is 1. The lowest BCUT2D eigenvalue weighted by molar-refractivity contribution is 0.0737. The van der Waals surface area contributed by atoms with Gasteiger partial charge < -0.3 is 9.80 Å². The zero-order chi connectivity index (χ0) is 23.0. The average Bonchev–Trinajstić information content (AvgIpc) is 3.16. The quantitative estimate of drug-likeness (QED) is 0.608. The topological polar surface area (TPSA) is 75.5 Å². The molecule has 0 unspecified atom stereocenters. The summed E-state index contributed by atoms with van der Waals surface area (Å²) < 4.78 is 25.1. The van der Waals surface area contributed by atoms with E-state index in [-0.39, 0.29) is 10.8 Å². The molecule has 7 nitrogen and oxygen atoms in total. The van der Waals surface area contributed by atoms with Crippen molar-refractivity contribution in [2.24, 2.45) is 0 Å². The molecule has 0 bridgehead atoms. The van der Waals surface area contributed by atoms with Crippen LogP contribution in [-0.2, 0) is 9.84 Å². The van der Waals surface area contributed by atoms with Crippen molar-refractivity contribution >= 4 is 21.4 Å². The van der Waals surface area contributed by atoms with E-state index in [1.54, 1.807) is 35.0 Å². The van der Waals surface area contributed by atoms with E-state index in [0.717, 1.165) is 18.8 Å². The molecule has 2 heterocycles. The number of hydrogen-bond acceptors (Lipinski definition) is 5. The van der Waals surface area contributed by atoms with Crippen LogP contribution in [0.3, 0.4) is 0 Å². The number of benzene rings is 2. The Bertz CT molecular complexity index is 1250. The van der Waals surface area contributed by atoms with E-state index in [2.05, 4.69) is 42.0 Å². The largest absolute Gasteiger partial charge is 0.368 e. The predicted octanol–water partition coefficient (Wildman–Crippen LogP) is 3.16. The summed E-state index contributed by atoms with van der Waals surface area (Å²) in [5, 5.41) is 4.48. The summed E-state index contributed by atoms with van der Waals surface area (Å²) in [6, 6.07) is 14.5. The minimum absolute atomic E-state index is 0.0709. The first-order chi connectivity index (χ1) is 15.1. The monoisotopic (exact) mass is 452 g/mol. The number of aromatic nitrogens is 2.